The van der Waals surface area contributed by atoms with E-state index in [9.17, 15) is 13.2 Å². The molecule has 1 rings (SSSR count). The fraction of sp³-hybridized carbons (Fsp3) is 0.917. The van der Waals surface area contributed by atoms with Gasteiger partial charge in [0.15, 0.2) is 9.84 Å². The first kappa shape index (κ1) is 15.4. The summed E-state index contributed by atoms with van der Waals surface area (Å²) in [7, 11) is -2.98. The van der Waals surface area contributed by atoms with Gasteiger partial charge in [-0.1, -0.05) is 20.8 Å². The van der Waals surface area contributed by atoms with E-state index in [1.54, 1.807) is 11.8 Å². The average Bonchev–Trinajstić information content (AvgIpc) is 2.13. The maximum atomic E-state index is 12.1. The van der Waals surface area contributed by atoms with E-state index in [0.29, 0.717) is 6.54 Å². The Morgan fingerprint density at radius 1 is 1.44 bits per heavy atom. The summed E-state index contributed by atoms with van der Waals surface area (Å²) in [5.41, 5.74) is 5.87. The molecule has 1 fully saturated rings. The molecule has 0 aromatic carbocycles. The maximum absolute atomic E-state index is 12.1. The van der Waals surface area contributed by atoms with E-state index in [2.05, 4.69) is 0 Å². The number of sulfone groups is 1. The van der Waals surface area contributed by atoms with Crippen molar-refractivity contribution in [2.45, 2.75) is 46.2 Å². The third kappa shape index (κ3) is 3.95. The number of amides is 1. The van der Waals surface area contributed by atoms with Crippen LogP contribution in [0.3, 0.4) is 0 Å². The molecule has 0 spiro atoms. The van der Waals surface area contributed by atoms with Crippen LogP contribution in [-0.2, 0) is 14.6 Å². The van der Waals surface area contributed by atoms with E-state index in [1.165, 1.54) is 0 Å². The highest BCUT2D eigenvalue weighted by Crippen LogP contribution is 2.21. The fourth-order valence-electron chi connectivity index (χ4n) is 1.98. The van der Waals surface area contributed by atoms with Gasteiger partial charge in [0.1, 0.15) is 0 Å². The Balaban J connectivity index is 2.64. The SMILES string of the molecule is CC1CS(=O)(=O)CCN1C(=O)CC(N)C(C)(C)C. The van der Waals surface area contributed by atoms with Crippen LogP contribution in [0.25, 0.3) is 0 Å². The zero-order valence-corrected chi connectivity index (χ0v) is 12.5. The van der Waals surface area contributed by atoms with Gasteiger partial charge in [0.05, 0.1) is 11.5 Å². The zero-order valence-electron chi connectivity index (χ0n) is 11.6. The van der Waals surface area contributed by atoms with Crippen LogP contribution in [0.2, 0.25) is 0 Å². The van der Waals surface area contributed by atoms with Gasteiger partial charge in [0, 0.05) is 25.0 Å². The minimum Gasteiger partial charge on any atom is -0.338 e. The van der Waals surface area contributed by atoms with Gasteiger partial charge in [0.2, 0.25) is 5.91 Å². The lowest BCUT2D eigenvalue weighted by molar-refractivity contribution is -0.133. The lowest BCUT2D eigenvalue weighted by atomic mass is 9.85. The summed E-state index contributed by atoms with van der Waals surface area (Å²) < 4.78 is 22.9. The highest BCUT2D eigenvalue weighted by atomic mass is 32.2. The smallest absolute Gasteiger partial charge is 0.224 e. The second-order valence-electron chi connectivity index (χ2n) is 6.23. The molecule has 0 aliphatic carbocycles. The Bertz CT molecular complexity index is 412. The molecular weight excluding hydrogens is 252 g/mol. The summed E-state index contributed by atoms with van der Waals surface area (Å²) >= 11 is 0. The van der Waals surface area contributed by atoms with Crippen LogP contribution in [-0.4, -0.2) is 49.4 Å². The van der Waals surface area contributed by atoms with Crippen molar-refractivity contribution in [3.05, 3.63) is 0 Å². The zero-order chi connectivity index (χ0) is 14.1. The van der Waals surface area contributed by atoms with Gasteiger partial charge in [-0.05, 0) is 12.3 Å². The predicted molar refractivity (Wildman–Crippen MR) is 71.9 cm³/mol. The number of hydrogen-bond donors (Lipinski definition) is 1. The Hall–Kier alpha value is -0.620. The first-order valence-corrected chi connectivity index (χ1v) is 8.10. The molecule has 0 aromatic rings. The molecular formula is C12H24N2O3S. The minimum atomic E-state index is -2.98. The molecule has 18 heavy (non-hydrogen) atoms. The number of carbonyl (C=O) groups excluding carboxylic acids is 1. The van der Waals surface area contributed by atoms with Crippen molar-refractivity contribution in [1.29, 1.82) is 0 Å². The largest absolute Gasteiger partial charge is 0.338 e. The number of nitrogens with two attached hydrogens (primary N) is 1. The van der Waals surface area contributed by atoms with Crippen molar-refractivity contribution in [1.82, 2.24) is 4.90 Å². The van der Waals surface area contributed by atoms with E-state index >= 15 is 0 Å². The molecule has 0 aromatic heterocycles. The minimum absolute atomic E-state index is 0.0418. The number of rotatable bonds is 2. The van der Waals surface area contributed by atoms with Gasteiger partial charge in [-0.25, -0.2) is 8.42 Å². The molecule has 1 saturated heterocycles. The molecule has 0 bridgehead atoms. The summed E-state index contributed by atoms with van der Waals surface area (Å²) in [5.74, 6) is 0.0805. The van der Waals surface area contributed by atoms with Gasteiger partial charge < -0.3 is 10.6 Å². The summed E-state index contributed by atoms with van der Waals surface area (Å²) in [6.07, 6.45) is 0.272. The van der Waals surface area contributed by atoms with Crippen molar-refractivity contribution in [2.75, 3.05) is 18.1 Å². The lowest BCUT2D eigenvalue weighted by Crippen LogP contribution is -2.51. The van der Waals surface area contributed by atoms with Crippen LogP contribution < -0.4 is 5.73 Å². The van der Waals surface area contributed by atoms with Gasteiger partial charge >= 0.3 is 0 Å². The Morgan fingerprint density at radius 2 is 2.00 bits per heavy atom. The highest BCUT2D eigenvalue weighted by Gasteiger charge is 2.33. The average molecular weight is 276 g/mol. The van der Waals surface area contributed by atoms with Crippen molar-refractivity contribution < 1.29 is 13.2 Å². The van der Waals surface area contributed by atoms with E-state index in [1.807, 2.05) is 20.8 Å². The molecule has 2 atom stereocenters. The van der Waals surface area contributed by atoms with Crippen molar-refractivity contribution in [3.8, 4) is 0 Å². The molecule has 1 aliphatic rings. The van der Waals surface area contributed by atoms with Crippen molar-refractivity contribution in [3.63, 3.8) is 0 Å². The Kier molecular flexibility index (Phi) is 4.43. The maximum Gasteiger partial charge on any atom is 0.224 e. The van der Waals surface area contributed by atoms with Gasteiger partial charge in [0.25, 0.3) is 0 Å². The van der Waals surface area contributed by atoms with Crippen LogP contribution in [0.1, 0.15) is 34.1 Å². The van der Waals surface area contributed by atoms with Gasteiger partial charge in [-0.15, -0.1) is 0 Å². The second kappa shape index (κ2) is 5.17. The van der Waals surface area contributed by atoms with E-state index in [4.69, 9.17) is 5.73 Å². The number of hydrogen-bond acceptors (Lipinski definition) is 4. The number of nitrogens with zero attached hydrogens (tertiary/aromatic N) is 1. The van der Waals surface area contributed by atoms with Crippen molar-refractivity contribution in [2.24, 2.45) is 11.1 Å². The predicted octanol–water partition coefficient (Wildman–Crippen LogP) is 0.395. The molecule has 1 heterocycles. The van der Waals surface area contributed by atoms with Crippen molar-refractivity contribution >= 4 is 15.7 Å². The summed E-state index contributed by atoms with van der Waals surface area (Å²) in [4.78, 5) is 13.8. The van der Waals surface area contributed by atoms with Crippen LogP contribution >= 0.6 is 0 Å². The molecule has 106 valence electrons. The van der Waals surface area contributed by atoms with Crippen LogP contribution in [0.5, 0.6) is 0 Å². The summed E-state index contributed by atoms with van der Waals surface area (Å²) in [6.45, 7) is 8.05. The molecule has 0 saturated carbocycles. The van der Waals surface area contributed by atoms with Crippen LogP contribution in [0.4, 0.5) is 0 Å². The van der Waals surface area contributed by atoms with Gasteiger partial charge in [-0.2, -0.15) is 0 Å². The third-order valence-electron chi connectivity index (χ3n) is 3.50. The Labute approximate surface area is 110 Å². The summed E-state index contributed by atoms with van der Waals surface area (Å²) in [5, 5.41) is 0. The van der Waals surface area contributed by atoms with E-state index in [0.717, 1.165) is 0 Å². The first-order valence-electron chi connectivity index (χ1n) is 6.28. The fourth-order valence-corrected chi connectivity index (χ4v) is 3.54. The normalized spacial score (nSPS) is 25.8. The molecule has 1 amide bonds. The molecule has 2 N–H and O–H groups in total. The topological polar surface area (TPSA) is 80.5 Å². The quantitative estimate of drug-likeness (QED) is 0.791. The monoisotopic (exact) mass is 276 g/mol. The number of carbonyl (C=O) groups is 1. The molecule has 0 radical (unpaired) electrons. The first-order chi connectivity index (χ1) is 8.03. The van der Waals surface area contributed by atoms with Gasteiger partial charge in [-0.3, -0.25) is 4.79 Å². The lowest BCUT2D eigenvalue weighted by Gasteiger charge is -2.35. The standard InChI is InChI=1S/C12H24N2O3S/c1-9-8-18(16,17)6-5-14(9)11(15)7-10(13)12(2,3)4/h9-10H,5-8,13H2,1-4H3. The summed E-state index contributed by atoms with van der Waals surface area (Å²) in [6, 6.07) is -0.459. The Morgan fingerprint density at radius 3 is 2.44 bits per heavy atom. The van der Waals surface area contributed by atoms with E-state index < -0.39 is 9.84 Å². The van der Waals surface area contributed by atoms with E-state index in [-0.39, 0.29) is 41.3 Å². The van der Waals surface area contributed by atoms with Crippen LogP contribution in [0.15, 0.2) is 0 Å². The molecule has 1 aliphatic heterocycles. The molecule has 2 unspecified atom stereocenters. The molecule has 6 heteroatoms. The molecule has 5 nitrogen and oxygen atoms in total. The highest BCUT2D eigenvalue weighted by molar-refractivity contribution is 7.91. The van der Waals surface area contributed by atoms with Crippen LogP contribution in [0, 0.1) is 5.41 Å². The third-order valence-corrected chi connectivity index (χ3v) is 5.29. The second-order valence-corrected chi connectivity index (χ2v) is 8.46.